The van der Waals surface area contributed by atoms with Crippen molar-refractivity contribution >= 4 is 34.9 Å². The summed E-state index contributed by atoms with van der Waals surface area (Å²) in [5, 5.41) is 10.1. The van der Waals surface area contributed by atoms with Gasteiger partial charge in [-0.05, 0) is 24.2 Å². The fourth-order valence-electron chi connectivity index (χ4n) is 1.71. The number of thioether (sulfide) groups is 1. The fraction of sp³-hybridized carbons (Fsp3) is 0.333. The molecule has 1 aliphatic rings. The van der Waals surface area contributed by atoms with E-state index in [0.29, 0.717) is 13.0 Å². The average molecular weight is 312 g/mol. The minimum Gasteiger partial charge on any atom is -0.401 e. The summed E-state index contributed by atoms with van der Waals surface area (Å²) in [5.74, 6) is -0.690. The first-order chi connectivity index (χ1) is 10.0. The number of furan rings is 1. The molecule has 8 nitrogen and oxygen atoms in total. The van der Waals surface area contributed by atoms with Crippen molar-refractivity contribution in [3.63, 3.8) is 0 Å². The third-order valence-corrected chi connectivity index (χ3v) is 3.58. The lowest BCUT2D eigenvalue weighted by Gasteiger charge is -2.11. The van der Waals surface area contributed by atoms with Gasteiger partial charge in [-0.1, -0.05) is 0 Å². The van der Waals surface area contributed by atoms with Crippen molar-refractivity contribution in [3.8, 4) is 0 Å². The molecule has 0 unspecified atom stereocenters. The zero-order chi connectivity index (χ0) is 15.4. The van der Waals surface area contributed by atoms with E-state index in [9.17, 15) is 19.7 Å². The molecule has 1 aromatic rings. The first-order valence-corrected chi connectivity index (χ1v) is 6.83. The minimum absolute atomic E-state index is 0.157. The zero-order valence-corrected chi connectivity index (χ0v) is 11.9. The molecule has 112 valence electrons. The Bertz CT molecular complexity index is 609. The van der Waals surface area contributed by atoms with Crippen LogP contribution in [0.15, 0.2) is 21.5 Å². The Morgan fingerprint density at radius 3 is 2.86 bits per heavy atom. The molecule has 0 aliphatic carbocycles. The van der Waals surface area contributed by atoms with Crippen LogP contribution in [0.3, 0.4) is 0 Å². The fourth-order valence-corrected chi connectivity index (χ4v) is 2.55. The van der Waals surface area contributed by atoms with Crippen molar-refractivity contribution < 1.29 is 23.7 Å². The molecule has 0 radical (unpaired) electrons. The first kappa shape index (κ1) is 15.3. The molecule has 1 fully saturated rings. The van der Waals surface area contributed by atoms with Gasteiger partial charge in [0.05, 0.1) is 11.0 Å². The van der Waals surface area contributed by atoms with E-state index in [0.717, 1.165) is 16.7 Å². The third-order valence-electron chi connectivity index (χ3n) is 2.67. The Labute approximate surface area is 123 Å². The van der Waals surface area contributed by atoms with Gasteiger partial charge < -0.3 is 9.15 Å². The van der Waals surface area contributed by atoms with Crippen molar-refractivity contribution in [2.45, 2.75) is 6.42 Å². The Morgan fingerprint density at radius 2 is 2.24 bits per heavy atom. The predicted octanol–water partition coefficient (Wildman–Crippen LogP) is 2.26. The number of nitro groups is 1. The van der Waals surface area contributed by atoms with Crippen LogP contribution in [-0.2, 0) is 9.53 Å². The maximum Gasteiger partial charge on any atom is 0.433 e. The second-order valence-corrected chi connectivity index (χ2v) is 5.11. The largest absolute Gasteiger partial charge is 0.433 e. The number of hydrogen-bond donors (Lipinski definition) is 0. The smallest absolute Gasteiger partial charge is 0.401 e. The van der Waals surface area contributed by atoms with Crippen LogP contribution in [0.2, 0.25) is 0 Å². The van der Waals surface area contributed by atoms with Crippen molar-refractivity contribution in [2.24, 2.45) is 0 Å². The summed E-state index contributed by atoms with van der Waals surface area (Å²) in [6.45, 7) is 0.722. The van der Waals surface area contributed by atoms with Gasteiger partial charge in [-0.15, -0.1) is 0 Å². The van der Waals surface area contributed by atoms with Crippen LogP contribution >= 0.6 is 11.8 Å². The van der Waals surface area contributed by atoms with E-state index in [-0.39, 0.29) is 22.4 Å². The number of methoxy groups -OCH3 is 1. The van der Waals surface area contributed by atoms with E-state index in [1.807, 2.05) is 0 Å². The molecule has 0 N–H and O–H groups in total. The summed E-state index contributed by atoms with van der Waals surface area (Å²) >= 11 is 0.780. The van der Waals surface area contributed by atoms with E-state index >= 15 is 0 Å². The monoisotopic (exact) mass is 312 g/mol. The van der Waals surface area contributed by atoms with E-state index < -0.39 is 16.7 Å². The molecule has 0 spiro atoms. The number of rotatable bonds is 6. The molecule has 21 heavy (non-hydrogen) atoms. The van der Waals surface area contributed by atoms with Gasteiger partial charge in [0.1, 0.15) is 10.7 Å². The number of carbonyl (C=O) groups is 2. The van der Waals surface area contributed by atoms with Crippen LogP contribution in [0.1, 0.15) is 12.2 Å². The first-order valence-electron chi connectivity index (χ1n) is 6.01. The van der Waals surface area contributed by atoms with Crippen LogP contribution in [0.25, 0.3) is 6.08 Å². The number of imide groups is 1. The van der Waals surface area contributed by atoms with Gasteiger partial charge in [-0.25, -0.2) is 0 Å². The highest BCUT2D eigenvalue weighted by atomic mass is 32.2. The van der Waals surface area contributed by atoms with Gasteiger partial charge >= 0.3 is 5.88 Å². The molecular weight excluding hydrogens is 300 g/mol. The molecule has 0 saturated carbocycles. The lowest BCUT2D eigenvalue weighted by atomic mass is 10.3. The Morgan fingerprint density at radius 1 is 1.48 bits per heavy atom. The maximum absolute atomic E-state index is 12.1. The summed E-state index contributed by atoms with van der Waals surface area (Å²) in [6.07, 6.45) is 1.88. The molecule has 2 rings (SSSR count). The van der Waals surface area contributed by atoms with Crippen LogP contribution < -0.4 is 0 Å². The highest BCUT2D eigenvalue weighted by Crippen LogP contribution is 2.32. The number of hydrogen-bond acceptors (Lipinski definition) is 7. The topological polar surface area (TPSA) is 103 Å². The van der Waals surface area contributed by atoms with Gasteiger partial charge in [0.15, 0.2) is 0 Å². The number of nitrogens with zero attached hydrogens (tertiary/aromatic N) is 2. The molecule has 1 aliphatic heterocycles. The molecule has 1 saturated heterocycles. The highest BCUT2D eigenvalue weighted by Gasteiger charge is 2.34. The maximum atomic E-state index is 12.1. The molecule has 2 heterocycles. The van der Waals surface area contributed by atoms with Crippen LogP contribution in [0.5, 0.6) is 0 Å². The third kappa shape index (κ3) is 3.50. The summed E-state index contributed by atoms with van der Waals surface area (Å²) in [7, 11) is 1.54. The second kappa shape index (κ2) is 6.55. The van der Waals surface area contributed by atoms with Gasteiger partial charge in [0.2, 0.25) is 0 Å². The van der Waals surface area contributed by atoms with E-state index in [4.69, 9.17) is 9.15 Å². The van der Waals surface area contributed by atoms with E-state index in [2.05, 4.69) is 0 Å². The second-order valence-electron chi connectivity index (χ2n) is 4.11. The molecular formula is C12H12N2O6S. The van der Waals surface area contributed by atoms with Gasteiger partial charge in [0, 0.05) is 26.3 Å². The van der Waals surface area contributed by atoms with Gasteiger partial charge in [-0.3, -0.25) is 24.6 Å². The Balaban J connectivity index is 2.10. The summed E-state index contributed by atoms with van der Waals surface area (Å²) in [5.41, 5.74) is 0. The normalized spacial score (nSPS) is 17.0. The van der Waals surface area contributed by atoms with Crippen LogP contribution in [0, 0.1) is 10.1 Å². The van der Waals surface area contributed by atoms with Gasteiger partial charge in [-0.2, -0.15) is 0 Å². The molecule has 0 bridgehead atoms. The summed E-state index contributed by atoms with van der Waals surface area (Å²) < 4.78 is 9.80. The summed E-state index contributed by atoms with van der Waals surface area (Å²) in [4.78, 5) is 34.9. The molecule has 0 aromatic carbocycles. The number of ether oxygens (including phenoxy) is 1. The Kier molecular flexibility index (Phi) is 4.76. The Hall–Kier alpha value is -2.13. The zero-order valence-electron chi connectivity index (χ0n) is 11.1. The molecule has 2 amide bonds. The average Bonchev–Trinajstić information content (AvgIpc) is 2.99. The van der Waals surface area contributed by atoms with Crippen molar-refractivity contribution in [1.29, 1.82) is 0 Å². The van der Waals surface area contributed by atoms with Crippen LogP contribution in [-0.4, -0.2) is 41.2 Å². The van der Waals surface area contributed by atoms with E-state index in [1.165, 1.54) is 25.3 Å². The van der Waals surface area contributed by atoms with Crippen molar-refractivity contribution in [1.82, 2.24) is 4.90 Å². The molecule has 1 aromatic heterocycles. The molecule has 0 atom stereocenters. The van der Waals surface area contributed by atoms with Crippen molar-refractivity contribution in [3.05, 3.63) is 32.9 Å². The van der Waals surface area contributed by atoms with E-state index in [1.54, 1.807) is 0 Å². The summed E-state index contributed by atoms with van der Waals surface area (Å²) in [6, 6.07) is 2.56. The lowest BCUT2D eigenvalue weighted by molar-refractivity contribution is -0.402. The number of amides is 2. The SMILES string of the molecule is COCCCN1C(=O)S/C(=C/c2ccc([N+](=O)[O-])o2)C1=O. The lowest BCUT2D eigenvalue weighted by Crippen LogP contribution is -2.29. The van der Waals surface area contributed by atoms with Gasteiger partial charge in [0.25, 0.3) is 11.1 Å². The highest BCUT2D eigenvalue weighted by molar-refractivity contribution is 8.18. The number of carbonyl (C=O) groups excluding carboxylic acids is 2. The predicted molar refractivity (Wildman–Crippen MR) is 74.5 cm³/mol. The quantitative estimate of drug-likeness (QED) is 0.343. The standard InChI is InChI=1S/C12H12N2O6S/c1-19-6-2-5-13-11(15)9(21-12(13)16)7-8-3-4-10(20-8)14(17)18/h3-4,7H,2,5-6H2,1H3/b9-7+. The molecule has 9 heteroatoms. The van der Waals surface area contributed by atoms with Crippen LogP contribution in [0.4, 0.5) is 10.7 Å². The van der Waals surface area contributed by atoms with Crippen molar-refractivity contribution in [2.75, 3.05) is 20.3 Å². The minimum atomic E-state index is -0.673.